The van der Waals surface area contributed by atoms with Gasteiger partial charge in [-0.3, -0.25) is 0 Å². The van der Waals surface area contributed by atoms with Gasteiger partial charge in [-0.05, 0) is 45.2 Å². The van der Waals surface area contributed by atoms with Gasteiger partial charge in [0.1, 0.15) is 0 Å². The fraction of sp³-hybridized carbons (Fsp3) is 0.533. The van der Waals surface area contributed by atoms with Crippen LogP contribution in [0.1, 0.15) is 30.5 Å². The number of hydrogen-bond acceptors (Lipinski definition) is 2. The number of carbonyl (C=O) groups excluding carboxylic acids is 1. The Labute approximate surface area is 115 Å². The van der Waals surface area contributed by atoms with E-state index in [4.69, 9.17) is 5.11 Å². The predicted molar refractivity (Wildman–Crippen MR) is 77.3 cm³/mol. The van der Waals surface area contributed by atoms with Crippen LogP contribution in [0.2, 0.25) is 0 Å². The van der Waals surface area contributed by atoms with E-state index in [1.165, 1.54) is 16.7 Å². The molecule has 2 amide bonds. The largest absolute Gasteiger partial charge is 0.394 e. The van der Waals surface area contributed by atoms with Gasteiger partial charge in [-0.15, -0.1) is 0 Å². The molecule has 4 nitrogen and oxygen atoms in total. The Morgan fingerprint density at radius 3 is 2.42 bits per heavy atom. The SMILES string of the molecule is Cc1ccc(CC(C)NC(=O)NC(C)CO)c(C)c1. The van der Waals surface area contributed by atoms with Gasteiger partial charge >= 0.3 is 6.03 Å². The van der Waals surface area contributed by atoms with Crippen LogP contribution in [0.15, 0.2) is 18.2 Å². The molecule has 0 bridgehead atoms. The van der Waals surface area contributed by atoms with Gasteiger partial charge in [-0.1, -0.05) is 23.8 Å². The number of nitrogens with one attached hydrogen (secondary N) is 2. The van der Waals surface area contributed by atoms with E-state index in [-0.39, 0.29) is 24.7 Å². The van der Waals surface area contributed by atoms with Gasteiger partial charge in [0, 0.05) is 6.04 Å². The number of urea groups is 1. The van der Waals surface area contributed by atoms with Gasteiger partial charge in [0.25, 0.3) is 0 Å². The van der Waals surface area contributed by atoms with E-state index in [1.807, 2.05) is 6.92 Å². The molecule has 3 N–H and O–H groups in total. The van der Waals surface area contributed by atoms with E-state index >= 15 is 0 Å². The lowest BCUT2D eigenvalue weighted by Gasteiger charge is -2.18. The van der Waals surface area contributed by atoms with Gasteiger partial charge < -0.3 is 15.7 Å². The van der Waals surface area contributed by atoms with E-state index in [0.717, 1.165) is 6.42 Å². The van der Waals surface area contributed by atoms with E-state index in [9.17, 15) is 4.79 Å². The first-order valence-corrected chi connectivity index (χ1v) is 6.66. The molecule has 0 saturated heterocycles. The van der Waals surface area contributed by atoms with Crippen molar-refractivity contribution in [1.29, 1.82) is 0 Å². The highest BCUT2D eigenvalue weighted by Crippen LogP contribution is 2.12. The molecule has 0 heterocycles. The summed E-state index contributed by atoms with van der Waals surface area (Å²) in [5, 5.41) is 14.4. The summed E-state index contributed by atoms with van der Waals surface area (Å²) < 4.78 is 0. The quantitative estimate of drug-likeness (QED) is 0.761. The first-order valence-electron chi connectivity index (χ1n) is 6.66. The molecule has 1 aromatic rings. The second-order valence-electron chi connectivity index (χ2n) is 5.24. The van der Waals surface area contributed by atoms with Gasteiger partial charge in [0.15, 0.2) is 0 Å². The molecule has 19 heavy (non-hydrogen) atoms. The van der Waals surface area contributed by atoms with Crippen molar-refractivity contribution in [2.45, 2.75) is 46.2 Å². The summed E-state index contributed by atoms with van der Waals surface area (Å²) in [7, 11) is 0. The van der Waals surface area contributed by atoms with Crippen LogP contribution in [0.4, 0.5) is 4.79 Å². The summed E-state index contributed by atoms with van der Waals surface area (Å²) in [5.74, 6) is 0. The zero-order valence-corrected chi connectivity index (χ0v) is 12.2. The lowest BCUT2D eigenvalue weighted by molar-refractivity contribution is 0.218. The number of benzene rings is 1. The van der Waals surface area contributed by atoms with E-state index in [1.54, 1.807) is 6.92 Å². The van der Waals surface area contributed by atoms with E-state index < -0.39 is 0 Å². The molecule has 0 aliphatic rings. The van der Waals surface area contributed by atoms with Crippen LogP contribution in [-0.2, 0) is 6.42 Å². The molecule has 0 spiro atoms. The van der Waals surface area contributed by atoms with Gasteiger partial charge in [0.05, 0.1) is 12.6 Å². The molecular formula is C15H24N2O2. The van der Waals surface area contributed by atoms with Crippen molar-refractivity contribution in [3.05, 3.63) is 34.9 Å². The number of aliphatic hydroxyl groups excluding tert-OH is 1. The minimum atomic E-state index is -0.237. The highest BCUT2D eigenvalue weighted by Gasteiger charge is 2.11. The Morgan fingerprint density at radius 2 is 1.84 bits per heavy atom. The Hall–Kier alpha value is -1.55. The molecule has 106 valence electrons. The number of aryl methyl sites for hydroxylation is 2. The standard InChI is InChI=1S/C15H24N2O2/c1-10-5-6-14(11(2)7-10)8-12(3)16-15(19)17-13(4)9-18/h5-7,12-13,18H,8-9H2,1-4H3,(H2,16,17,19). The lowest BCUT2D eigenvalue weighted by Crippen LogP contribution is -2.46. The van der Waals surface area contributed by atoms with E-state index in [2.05, 4.69) is 42.7 Å². The second kappa shape index (κ2) is 7.14. The number of aliphatic hydroxyl groups is 1. The monoisotopic (exact) mass is 264 g/mol. The highest BCUT2D eigenvalue weighted by molar-refractivity contribution is 5.74. The highest BCUT2D eigenvalue weighted by atomic mass is 16.3. The topological polar surface area (TPSA) is 61.4 Å². The fourth-order valence-corrected chi connectivity index (χ4v) is 1.99. The van der Waals surface area contributed by atoms with Crippen molar-refractivity contribution < 1.29 is 9.90 Å². The van der Waals surface area contributed by atoms with Gasteiger partial charge in [0.2, 0.25) is 0 Å². The minimum absolute atomic E-state index is 0.0484. The molecule has 0 aromatic heterocycles. The summed E-state index contributed by atoms with van der Waals surface area (Å²) >= 11 is 0. The number of carbonyl (C=O) groups is 1. The van der Waals surface area contributed by atoms with Crippen LogP contribution in [0.5, 0.6) is 0 Å². The van der Waals surface area contributed by atoms with Crippen LogP contribution < -0.4 is 10.6 Å². The zero-order chi connectivity index (χ0) is 14.4. The van der Waals surface area contributed by atoms with Crippen molar-refractivity contribution in [2.24, 2.45) is 0 Å². The molecule has 1 aromatic carbocycles. The molecule has 0 saturated carbocycles. The molecule has 2 atom stereocenters. The molecule has 1 rings (SSSR count). The Morgan fingerprint density at radius 1 is 1.21 bits per heavy atom. The maximum atomic E-state index is 11.6. The fourth-order valence-electron chi connectivity index (χ4n) is 1.99. The molecular weight excluding hydrogens is 240 g/mol. The van der Waals surface area contributed by atoms with Crippen molar-refractivity contribution >= 4 is 6.03 Å². The lowest BCUT2D eigenvalue weighted by atomic mass is 10.00. The molecule has 0 aliphatic carbocycles. The molecule has 0 fully saturated rings. The number of hydrogen-bond donors (Lipinski definition) is 3. The Kier molecular flexibility index (Phi) is 5.83. The summed E-state index contributed by atoms with van der Waals surface area (Å²) in [5.41, 5.74) is 3.74. The normalized spacial score (nSPS) is 13.7. The van der Waals surface area contributed by atoms with Crippen molar-refractivity contribution in [3.63, 3.8) is 0 Å². The van der Waals surface area contributed by atoms with Crippen LogP contribution in [0, 0.1) is 13.8 Å². The van der Waals surface area contributed by atoms with Crippen molar-refractivity contribution in [1.82, 2.24) is 10.6 Å². The summed E-state index contributed by atoms with van der Waals surface area (Å²) in [4.78, 5) is 11.6. The minimum Gasteiger partial charge on any atom is -0.394 e. The molecule has 4 heteroatoms. The van der Waals surface area contributed by atoms with Crippen molar-refractivity contribution in [3.8, 4) is 0 Å². The maximum Gasteiger partial charge on any atom is 0.315 e. The zero-order valence-electron chi connectivity index (χ0n) is 12.2. The second-order valence-corrected chi connectivity index (χ2v) is 5.24. The average molecular weight is 264 g/mol. The third-order valence-corrected chi connectivity index (χ3v) is 3.05. The number of rotatable bonds is 5. The van der Waals surface area contributed by atoms with Crippen LogP contribution in [0.25, 0.3) is 0 Å². The molecule has 0 radical (unpaired) electrons. The Balaban J connectivity index is 2.50. The summed E-state index contributed by atoms with van der Waals surface area (Å²) in [6.07, 6.45) is 0.799. The number of amides is 2. The molecule has 2 unspecified atom stereocenters. The smallest absolute Gasteiger partial charge is 0.315 e. The maximum absolute atomic E-state index is 11.6. The summed E-state index contributed by atoms with van der Waals surface area (Å²) in [6.45, 7) is 7.83. The van der Waals surface area contributed by atoms with Crippen LogP contribution in [-0.4, -0.2) is 29.8 Å². The van der Waals surface area contributed by atoms with Crippen LogP contribution in [0.3, 0.4) is 0 Å². The van der Waals surface area contributed by atoms with Gasteiger partial charge in [-0.25, -0.2) is 4.79 Å². The van der Waals surface area contributed by atoms with E-state index in [0.29, 0.717) is 0 Å². The van der Waals surface area contributed by atoms with Gasteiger partial charge in [-0.2, -0.15) is 0 Å². The summed E-state index contributed by atoms with van der Waals surface area (Å²) in [6, 6.07) is 5.93. The third kappa shape index (κ3) is 5.30. The first kappa shape index (κ1) is 15.5. The average Bonchev–Trinajstić information content (AvgIpc) is 2.32. The molecule has 0 aliphatic heterocycles. The first-order chi connectivity index (χ1) is 8.92. The Bertz CT molecular complexity index is 432. The van der Waals surface area contributed by atoms with Crippen molar-refractivity contribution in [2.75, 3.05) is 6.61 Å². The van der Waals surface area contributed by atoms with Crippen LogP contribution >= 0.6 is 0 Å². The third-order valence-electron chi connectivity index (χ3n) is 3.05. The predicted octanol–water partition coefficient (Wildman–Crippen LogP) is 1.91.